The van der Waals surface area contributed by atoms with Crippen LogP contribution >= 0.6 is 23.4 Å². The van der Waals surface area contributed by atoms with E-state index in [1.54, 1.807) is 0 Å². The maximum absolute atomic E-state index is 12.3. The minimum atomic E-state index is -0.804. The lowest BCUT2D eigenvalue weighted by Crippen LogP contribution is -2.62. The fourth-order valence-electron chi connectivity index (χ4n) is 2.36. The number of halogens is 1. The monoisotopic (exact) mass is 341 g/mol. The molecule has 0 bridgehead atoms. The first-order valence-electron chi connectivity index (χ1n) is 6.45. The molecule has 0 spiro atoms. The van der Waals surface area contributed by atoms with Crippen molar-refractivity contribution in [2.45, 2.75) is 11.8 Å². The number of rotatable bonds is 6. The fourth-order valence-corrected chi connectivity index (χ4v) is 4.10. The molecule has 0 unspecified atom stereocenters. The third-order valence-corrected chi connectivity index (χ3v) is 5.09. The highest BCUT2D eigenvalue weighted by Crippen LogP contribution is 2.45. The largest absolute Gasteiger partial charge is 0.539 e. The molecule has 0 saturated carbocycles. The molecule has 6 nitrogen and oxygen atoms in total. The number of hydrogen-bond acceptors (Lipinski definition) is 6. The first kappa shape index (κ1) is 17.0. The second kappa shape index (κ2) is 7.24. The van der Waals surface area contributed by atoms with E-state index >= 15 is 0 Å². The molecule has 2 aliphatic rings. The number of fused-ring (bicyclic) bond motifs is 1. The van der Waals surface area contributed by atoms with Crippen LogP contribution in [0.1, 0.15) is 6.42 Å². The number of β-lactam (4-membered cyclic amide) rings is 1. The number of carbonyl (C=O) groups is 3. The molecule has 0 N–H and O–H groups in total. The Morgan fingerprint density at radius 1 is 1.55 bits per heavy atom. The molecule has 2 heterocycles. The number of nitrogens with zero attached hydrogens (tertiary/aromatic N) is 1. The molecule has 0 aromatic heterocycles. The van der Waals surface area contributed by atoms with E-state index in [1.807, 2.05) is 0 Å². The summed E-state index contributed by atoms with van der Waals surface area (Å²) in [5, 5.41) is -0.315. The van der Waals surface area contributed by atoms with Crippen molar-refractivity contribution >= 4 is 49.3 Å². The molecule has 2 rings (SSSR count). The molecular weight excluding hydrogens is 328 g/mol. The van der Waals surface area contributed by atoms with Gasteiger partial charge >= 0.3 is 20.0 Å². The van der Waals surface area contributed by atoms with Gasteiger partial charge in [0, 0.05) is 11.6 Å². The van der Waals surface area contributed by atoms with Crippen molar-refractivity contribution in [3.63, 3.8) is 0 Å². The number of carbonyl (C=O) groups excluding carboxylic acids is 3. The number of alkyl halides is 1. The predicted molar refractivity (Wildman–Crippen MR) is 81.9 cm³/mol. The van der Waals surface area contributed by atoms with Gasteiger partial charge in [0.1, 0.15) is 12.3 Å². The molecule has 0 aromatic rings. The Labute approximate surface area is 138 Å². The van der Waals surface area contributed by atoms with E-state index < -0.39 is 17.9 Å². The van der Waals surface area contributed by atoms with Crippen LogP contribution in [0.15, 0.2) is 23.9 Å². The van der Waals surface area contributed by atoms with Crippen molar-refractivity contribution in [2.24, 2.45) is 5.92 Å². The lowest BCUT2D eigenvalue weighted by Gasteiger charge is -2.49. The Balaban J connectivity index is 2.12. The lowest BCUT2D eigenvalue weighted by atomic mass is 9.92. The van der Waals surface area contributed by atoms with Crippen molar-refractivity contribution in [1.29, 1.82) is 0 Å². The standard InChI is InChI=1S/C13H13BClNO5S/c1-2-3-20-9(17)4-8-11(18)16-10(13(19)21-14)7(5-15)6-22-12(8)16/h2,8,12H,1,3-6H2/t8-,12-/m1/s1. The van der Waals surface area contributed by atoms with Crippen LogP contribution in [-0.2, 0) is 23.8 Å². The molecule has 1 saturated heterocycles. The van der Waals surface area contributed by atoms with Gasteiger partial charge < -0.3 is 9.39 Å². The number of thioether (sulfide) groups is 1. The van der Waals surface area contributed by atoms with Crippen LogP contribution in [0.3, 0.4) is 0 Å². The van der Waals surface area contributed by atoms with Gasteiger partial charge in [-0.2, -0.15) is 0 Å². The quantitative estimate of drug-likeness (QED) is 0.233. The minimum Gasteiger partial charge on any atom is -0.539 e. The van der Waals surface area contributed by atoms with Crippen molar-refractivity contribution in [3.05, 3.63) is 23.9 Å². The van der Waals surface area contributed by atoms with Gasteiger partial charge in [-0.1, -0.05) is 12.7 Å². The zero-order chi connectivity index (χ0) is 16.3. The van der Waals surface area contributed by atoms with Crippen LogP contribution in [0, 0.1) is 5.92 Å². The summed E-state index contributed by atoms with van der Waals surface area (Å²) in [4.78, 5) is 36.9. The first-order valence-corrected chi connectivity index (χ1v) is 8.03. The number of hydrogen-bond donors (Lipinski definition) is 0. The van der Waals surface area contributed by atoms with Crippen molar-refractivity contribution in [3.8, 4) is 0 Å². The SMILES string of the molecule is [B]OC(=O)C1=C(CCl)CS[C@@H]2[C@H](CC(=O)OCC=C)C(=O)N12. The fraction of sp³-hybridized carbons (Fsp3) is 0.462. The maximum atomic E-state index is 12.3. The summed E-state index contributed by atoms with van der Waals surface area (Å²) in [5.41, 5.74) is 0.668. The number of amides is 1. The average molecular weight is 342 g/mol. The summed E-state index contributed by atoms with van der Waals surface area (Å²) >= 11 is 7.24. The molecule has 2 aliphatic heterocycles. The van der Waals surface area contributed by atoms with Crippen LogP contribution in [0.4, 0.5) is 0 Å². The van der Waals surface area contributed by atoms with Crippen molar-refractivity contribution < 1.29 is 23.8 Å². The third-order valence-electron chi connectivity index (χ3n) is 3.37. The van der Waals surface area contributed by atoms with Gasteiger partial charge in [-0.3, -0.25) is 14.5 Å². The van der Waals surface area contributed by atoms with Crippen LogP contribution < -0.4 is 0 Å². The Morgan fingerprint density at radius 3 is 2.86 bits per heavy atom. The summed E-state index contributed by atoms with van der Waals surface area (Å²) < 4.78 is 9.11. The Morgan fingerprint density at radius 2 is 2.27 bits per heavy atom. The summed E-state index contributed by atoms with van der Waals surface area (Å²) in [6, 6.07) is 0. The van der Waals surface area contributed by atoms with E-state index in [1.165, 1.54) is 22.7 Å². The molecule has 1 fully saturated rings. The van der Waals surface area contributed by atoms with E-state index in [4.69, 9.17) is 24.4 Å². The average Bonchev–Trinajstić information content (AvgIpc) is 2.55. The van der Waals surface area contributed by atoms with Crippen LogP contribution in [0.25, 0.3) is 0 Å². The van der Waals surface area contributed by atoms with Gasteiger partial charge in [0.05, 0.1) is 17.7 Å². The summed E-state index contributed by atoms with van der Waals surface area (Å²) in [6.07, 6.45) is 1.41. The van der Waals surface area contributed by atoms with Gasteiger partial charge in [-0.15, -0.1) is 23.4 Å². The topological polar surface area (TPSA) is 72.9 Å². The normalized spacial score (nSPS) is 23.5. The van der Waals surface area contributed by atoms with E-state index in [0.29, 0.717) is 11.3 Å². The smallest absolute Gasteiger partial charge is 0.378 e. The first-order chi connectivity index (χ1) is 10.5. The second-order valence-corrected chi connectivity index (χ2v) is 6.06. The van der Waals surface area contributed by atoms with Gasteiger partial charge in [-0.05, 0) is 5.57 Å². The molecule has 0 aliphatic carbocycles. The van der Waals surface area contributed by atoms with Gasteiger partial charge in [0.15, 0.2) is 0 Å². The Kier molecular flexibility index (Phi) is 5.58. The summed E-state index contributed by atoms with van der Waals surface area (Å²) in [6.45, 7) is 3.54. The molecule has 2 radical (unpaired) electrons. The van der Waals surface area contributed by atoms with E-state index in [9.17, 15) is 14.4 Å². The number of ether oxygens (including phenoxy) is 1. The zero-order valence-corrected chi connectivity index (χ0v) is 13.2. The minimum absolute atomic E-state index is 0.0397. The highest BCUT2D eigenvalue weighted by Gasteiger charge is 2.54. The Hall–Kier alpha value is -1.41. The predicted octanol–water partition coefficient (Wildman–Crippen LogP) is 0.757. The third kappa shape index (κ3) is 3.03. The molecule has 22 heavy (non-hydrogen) atoms. The summed E-state index contributed by atoms with van der Waals surface area (Å²) in [5.74, 6) is -1.58. The molecule has 9 heteroatoms. The van der Waals surface area contributed by atoms with Gasteiger partial charge in [0.2, 0.25) is 5.91 Å². The van der Waals surface area contributed by atoms with E-state index in [2.05, 4.69) is 11.2 Å². The van der Waals surface area contributed by atoms with Crippen LogP contribution in [-0.4, -0.2) is 54.4 Å². The van der Waals surface area contributed by atoms with Crippen LogP contribution in [0.2, 0.25) is 0 Å². The number of esters is 1. The van der Waals surface area contributed by atoms with Gasteiger partial charge in [0.25, 0.3) is 0 Å². The molecule has 116 valence electrons. The molecule has 0 aromatic carbocycles. The van der Waals surface area contributed by atoms with Gasteiger partial charge in [-0.25, -0.2) is 4.79 Å². The van der Waals surface area contributed by atoms with Crippen molar-refractivity contribution in [2.75, 3.05) is 18.2 Å². The Bertz CT molecular complexity index is 553. The second-order valence-electron chi connectivity index (χ2n) is 4.68. The van der Waals surface area contributed by atoms with Crippen molar-refractivity contribution in [1.82, 2.24) is 4.90 Å². The molecule has 2 atom stereocenters. The highest BCUT2D eigenvalue weighted by atomic mass is 35.5. The highest BCUT2D eigenvalue weighted by molar-refractivity contribution is 8.00. The van der Waals surface area contributed by atoms with Crippen LogP contribution in [0.5, 0.6) is 0 Å². The zero-order valence-electron chi connectivity index (χ0n) is 11.6. The maximum Gasteiger partial charge on any atom is 0.378 e. The summed E-state index contributed by atoms with van der Waals surface area (Å²) in [7, 11) is 4.91. The lowest BCUT2D eigenvalue weighted by molar-refractivity contribution is -0.157. The van der Waals surface area contributed by atoms with E-state index in [-0.39, 0.29) is 35.9 Å². The molecular formula is C13H13BClNO5S. The molecule has 1 amide bonds. The van der Waals surface area contributed by atoms with E-state index in [0.717, 1.165) is 0 Å².